The number of carbonyl (C=O) groups is 2. The van der Waals surface area contributed by atoms with Crippen molar-refractivity contribution in [3.63, 3.8) is 0 Å². The molecule has 124 valence electrons. The molecule has 1 unspecified atom stereocenters. The molecule has 0 aliphatic carbocycles. The maximum absolute atomic E-state index is 12.6. The monoisotopic (exact) mass is 341 g/mol. The summed E-state index contributed by atoms with van der Waals surface area (Å²) in [5, 5.41) is 5.65. The number of nitrogens with zero attached hydrogens (tertiary/aromatic N) is 1. The predicted molar refractivity (Wildman–Crippen MR) is 96.8 cm³/mol. The molecule has 1 aliphatic heterocycles. The van der Waals surface area contributed by atoms with Crippen LogP contribution >= 0.6 is 11.8 Å². The van der Waals surface area contributed by atoms with Gasteiger partial charge in [0.05, 0.1) is 22.3 Å². The first-order valence-corrected chi connectivity index (χ1v) is 8.61. The van der Waals surface area contributed by atoms with E-state index in [9.17, 15) is 9.59 Å². The molecule has 1 aliphatic rings. The summed E-state index contributed by atoms with van der Waals surface area (Å²) in [6.45, 7) is 7.61. The Kier molecular flexibility index (Phi) is 4.32. The lowest BCUT2D eigenvalue weighted by Gasteiger charge is -2.21. The number of aromatic nitrogens is 1. The smallest absolute Gasteiger partial charge is 0.255 e. The summed E-state index contributed by atoms with van der Waals surface area (Å²) in [6, 6.07) is 7.30. The number of hydrogen-bond donors (Lipinski definition) is 2. The second-order valence-corrected chi connectivity index (χ2v) is 7.34. The zero-order valence-electron chi connectivity index (χ0n) is 14.1. The maximum atomic E-state index is 12.6. The van der Waals surface area contributed by atoms with Gasteiger partial charge in [-0.25, -0.2) is 0 Å². The van der Waals surface area contributed by atoms with Crippen molar-refractivity contribution in [2.24, 2.45) is 0 Å². The highest BCUT2D eigenvalue weighted by Gasteiger charge is 2.24. The molecule has 0 saturated heterocycles. The van der Waals surface area contributed by atoms with E-state index in [1.165, 1.54) is 11.8 Å². The van der Waals surface area contributed by atoms with E-state index in [0.29, 0.717) is 11.3 Å². The maximum Gasteiger partial charge on any atom is 0.255 e. The van der Waals surface area contributed by atoms with Crippen molar-refractivity contribution >= 4 is 35.0 Å². The molecular formula is C18H19N3O2S. The van der Waals surface area contributed by atoms with Crippen LogP contribution < -0.4 is 10.6 Å². The van der Waals surface area contributed by atoms with Gasteiger partial charge in [-0.05, 0) is 57.5 Å². The van der Waals surface area contributed by atoms with Crippen LogP contribution in [0.3, 0.4) is 0 Å². The quantitative estimate of drug-likeness (QED) is 0.874. The molecule has 2 N–H and O–H groups in total. The summed E-state index contributed by atoms with van der Waals surface area (Å²) in [7, 11) is 0. The van der Waals surface area contributed by atoms with Gasteiger partial charge in [0.25, 0.3) is 5.91 Å². The molecule has 1 aromatic heterocycles. The third-order valence-electron chi connectivity index (χ3n) is 3.94. The highest BCUT2D eigenvalue weighted by Crippen LogP contribution is 2.36. The SMILES string of the molecule is Cc1cc(C)c(NC(=O)c2ccc3c(c2)NC(=O)C(C)S3)c(C)n1. The van der Waals surface area contributed by atoms with Crippen LogP contribution in [0, 0.1) is 20.8 Å². The first-order valence-electron chi connectivity index (χ1n) is 7.73. The molecular weight excluding hydrogens is 322 g/mol. The highest BCUT2D eigenvalue weighted by molar-refractivity contribution is 8.00. The number of fused-ring (bicyclic) bond motifs is 1. The zero-order chi connectivity index (χ0) is 17.4. The summed E-state index contributed by atoms with van der Waals surface area (Å²) in [6.07, 6.45) is 0. The van der Waals surface area contributed by atoms with Crippen LogP contribution in [0.2, 0.25) is 0 Å². The number of rotatable bonds is 2. The Hall–Kier alpha value is -2.34. The molecule has 2 amide bonds. The fourth-order valence-corrected chi connectivity index (χ4v) is 3.68. The molecule has 1 aromatic carbocycles. The first-order chi connectivity index (χ1) is 11.3. The van der Waals surface area contributed by atoms with E-state index in [2.05, 4.69) is 15.6 Å². The summed E-state index contributed by atoms with van der Waals surface area (Å²) < 4.78 is 0. The summed E-state index contributed by atoms with van der Waals surface area (Å²) >= 11 is 1.50. The minimum atomic E-state index is -0.215. The number of amides is 2. The van der Waals surface area contributed by atoms with Crippen molar-refractivity contribution in [1.29, 1.82) is 0 Å². The Bertz CT molecular complexity index is 825. The molecule has 3 rings (SSSR count). The van der Waals surface area contributed by atoms with Gasteiger partial charge in [0.15, 0.2) is 0 Å². The normalized spacial score (nSPS) is 16.3. The van der Waals surface area contributed by atoms with Crippen LogP contribution in [0.1, 0.15) is 34.2 Å². The molecule has 2 aromatic rings. The average Bonchev–Trinajstić information content (AvgIpc) is 2.51. The second kappa shape index (κ2) is 6.28. The summed E-state index contributed by atoms with van der Waals surface area (Å²) in [5.74, 6) is -0.257. The van der Waals surface area contributed by atoms with Crippen LogP contribution in [0.15, 0.2) is 29.2 Å². The fourth-order valence-electron chi connectivity index (χ4n) is 2.75. The number of carbonyl (C=O) groups excluding carboxylic acids is 2. The van der Waals surface area contributed by atoms with Crippen LogP contribution in [0.5, 0.6) is 0 Å². The minimum absolute atomic E-state index is 0.0421. The zero-order valence-corrected chi connectivity index (χ0v) is 14.9. The van der Waals surface area contributed by atoms with E-state index in [0.717, 1.165) is 27.5 Å². The molecule has 1 atom stereocenters. The number of thioether (sulfide) groups is 1. The van der Waals surface area contributed by atoms with Gasteiger partial charge >= 0.3 is 0 Å². The van der Waals surface area contributed by atoms with Crippen molar-refractivity contribution in [1.82, 2.24) is 4.98 Å². The number of hydrogen-bond acceptors (Lipinski definition) is 4. The number of aryl methyl sites for hydroxylation is 3. The van der Waals surface area contributed by atoms with Crippen LogP contribution in [-0.4, -0.2) is 22.0 Å². The van der Waals surface area contributed by atoms with Crippen molar-refractivity contribution in [2.45, 2.75) is 37.8 Å². The average molecular weight is 341 g/mol. The molecule has 2 heterocycles. The molecule has 24 heavy (non-hydrogen) atoms. The van der Waals surface area contributed by atoms with Crippen molar-refractivity contribution < 1.29 is 9.59 Å². The van der Waals surface area contributed by atoms with Gasteiger partial charge in [-0.15, -0.1) is 11.8 Å². The van der Waals surface area contributed by atoms with Gasteiger partial charge in [0.1, 0.15) is 0 Å². The lowest BCUT2D eigenvalue weighted by Crippen LogP contribution is -2.26. The van der Waals surface area contributed by atoms with Crippen LogP contribution in [-0.2, 0) is 4.79 Å². The standard InChI is InChI=1S/C18H19N3O2S/c1-9-7-10(2)19-11(3)16(9)21-18(23)13-5-6-15-14(8-13)20-17(22)12(4)24-15/h5-8,12H,1-4H3,(H,20,22)(H,21,23). The molecule has 0 saturated carbocycles. The van der Waals surface area contributed by atoms with Gasteiger partial charge in [0, 0.05) is 16.2 Å². The number of benzene rings is 1. The van der Waals surface area contributed by atoms with E-state index >= 15 is 0 Å². The molecule has 0 radical (unpaired) electrons. The Balaban J connectivity index is 1.87. The van der Waals surface area contributed by atoms with E-state index < -0.39 is 0 Å². The Morgan fingerprint density at radius 1 is 1.25 bits per heavy atom. The third-order valence-corrected chi connectivity index (χ3v) is 5.11. The van der Waals surface area contributed by atoms with Gasteiger partial charge < -0.3 is 10.6 Å². The minimum Gasteiger partial charge on any atom is -0.324 e. The van der Waals surface area contributed by atoms with E-state index in [-0.39, 0.29) is 17.1 Å². The first kappa shape index (κ1) is 16.5. The number of nitrogens with one attached hydrogen (secondary N) is 2. The van der Waals surface area contributed by atoms with Crippen molar-refractivity contribution in [2.75, 3.05) is 10.6 Å². The third kappa shape index (κ3) is 3.14. The van der Waals surface area contributed by atoms with Gasteiger partial charge in [-0.1, -0.05) is 0 Å². The summed E-state index contributed by atoms with van der Waals surface area (Å²) in [5.41, 5.74) is 4.61. The molecule has 0 bridgehead atoms. The highest BCUT2D eigenvalue weighted by atomic mass is 32.2. The van der Waals surface area contributed by atoms with Crippen LogP contribution in [0.25, 0.3) is 0 Å². The van der Waals surface area contributed by atoms with E-state index in [4.69, 9.17) is 0 Å². The number of pyridine rings is 1. The Morgan fingerprint density at radius 3 is 2.71 bits per heavy atom. The van der Waals surface area contributed by atoms with E-state index in [1.807, 2.05) is 39.8 Å². The lowest BCUT2D eigenvalue weighted by atomic mass is 10.1. The topological polar surface area (TPSA) is 71.1 Å². The second-order valence-electron chi connectivity index (χ2n) is 5.96. The van der Waals surface area contributed by atoms with Gasteiger partial charge in [-0.3, -0.25) is 14.6 Å². The fraction of sp³-hybridized carbons (Fsp3) is 0.278. The molecule has 5 nitrogen and oxygen atoms in total. The molecule has 0 fully saturated rings. The van der Waals surface area contributed by atoms with Gasteiger partial charge in [-0.2, -0.15) is 0 Å². The number of anilines is 2. The Morgan fingerprint density at radius 2 is 2.00 bits per heavy atom. The molecule has 0 spiro atoms. The van der Waals surface area contributed by atoms with Crippen molar-refractivity contribution in [3.05, 3.63) is 46.8 Å². The predicted octanol–water partition coefficient (Wildman–Crippen LogP) is 3.69. The van der Waals surface area contributed by atoms with E-state index in [1.54, 1.807) is 12.1 Å². The van der Waals surface area contributed by atoms with Crippen molar-refractivity contribution in [3.8, 4) is 0 Å². The lowest BCUT2D eigenvalue weighted by molar-refractivity contribution is -0.115. The molecule has 6 heteroatoms. The largest absolute Gasteiger partial charge is 0.324 e. The van der Waals surface area contributed by atoms with Crippen LogP contribution in [0.4, 0.5) is 11.4 Å². The summed E-state index contributed by atoms with van der Waals surface area (Å²) in [4.78, 5) is 29.8. The Labute approximate surface area is 145 Å². The van der Waals surface area contributed by atoms with Gasteiger partial charge in [0.2, 0.25) is 5.91 Å².